The highest BCUT2D eigenvalue weighted by molar-refractivity contribution is 9.10. The molecule has 19 heavy (non-hydrogen) atoms. The number of benzene rings is 1. The molecule has 0 saturated heterocycles. The van der Waals surface area contributed by atoms with E-state index < -0.39 is 0 Å². The highest BCUT2D eigenvalue weighted by Gasteiger charge is 2.13. The van der Waals surface area contributed by atoms with Gasteiger partial charge in [-0.1, -0.05) is 22.9 Å². The number of amides is 1. The second kappa shape index (κ2) is 8.17. The van der Waals surface area contributed by atoms with Crippen LogP contribution in [0.3, 0.4) is 0 Å². The van der Waals surface area contributed by atoms with Crippen LogP contribution < -0.4 is 10.1 Å². The summed E-state index contributed by atoms with van der Waals surface area (Å²) in [6, 6.07) is 5.77. The SMILES string of the molecule is CCC(=O)NCC(CO)Cc1cc(Br)ccc1OC. The molecule has 1 aromatic carbocycles. The average molecular weight is 330 g/mol. The number of hydrogen-bond donors (Lipinski definition) is 2. The van der Waals surface area contributed by atoms with Gasteiger partial charge in [-0.3, -0.25) is 4.79 Å². The molecular formula is C14H20BrNO3. The third-order valence-electron chi connectivity index (χ3n) is 2.92. The van der Waals surface area contributed by atoms with Gasteiger partial charge in [0, 0.05) is 30.0 Å². The number of aliphatic hydroxyl groups excluding tert-OH is 1. The van der Waals surface area contributed by atoms with Gasteiger partial charge in [0.2, 0.25) is 5.91 Å². The fourth-order valence-electron chi connectivity index (χ4n) is 1.80. The fraction of sp³-hybridized carbons (Fsp3) is 0.500. The Morgan fingerprint density at radius 1 is 1.53 bits per heavy atom. The molecular weight excluding hydrogens is 310 g/mol. The second-order valence-electron chi connectivity index (χ2n) is 4.37. The summed E-state index contributed by atoms with van der Waals surface area (Å²) in [4.78, 5) is 11.2. The van der Waals surface area contributed by atoms with Crippen molar-refractivity contribution >= 4 is 21.8 Å². The Labute approximate surface area is 122 Å². The van der Waals surface area contributed by atoms with Crippen LogP contribution in [0.1, 0.15) is 18.9 Å². The summed E-state index contributed by atoms with van der Waals surface area (Å²) in [7, 11) is 1.62. The minimum Gasteiger partial charge on any atom is -0.496 e. The van der Waals surface area contributed by atoms with Crippen molar-refractivity contribution < 1.29 is 14.6 Å². The van der Waals surface area contributed by atoms with E-state index in [1.165, 1.54) is 0 Å². The summed E-state index contributed by atoms with van der Waals surface area (Å²) in [5.74, 6) is 0.779. The van der Waals surface area contributed by atoms with Gasteiger partial charge < -0.3 is 15.2 Å². The lowest BCUT2D eigenvalue weighted by atomic mass is 9.99. The normalized spacial score (nSPS) is 12.0. The number of rotatable bonds is 7. The predicted octanol–water partition coefficient (Wildman–Crippen LogP) is 2.13. The van der Waals surface area contributed by atoms with Crippen LogP contribution in [0.15, 0.2) is 22.7 Å². The second-order valence-corrected chi connectivity index (χ2v) is 5.28. The Balaban J connectivity index is 2.69. The minimum atomic E-state index is -0.0151. The van der Waals surface area contributed by atoms with Gasteiger partial charge >= 0.3 is 0 Å². The largest absolute Gasteiger partial charge is 0.496 e. The first-order chi connectivity index (χ1) is 9.10. The molecule has 1 aromatic rings. The van der Waals surface area contributed by atoms with Crippen molar-refractivity contribution in [1.82, 2.24) is 5.32 Å². The number of hydrogen-bond acceptors (Lipinski definition) is 3. The molecule has 0 heterocycles. The lowest BCUT2D eigenvalue weighted by molar-refractivity contribution is -0.121. The van der Waals surface area contributed by atoms with Crippen molar-refractivity contribution in [2.75, 3.05) is 20.3 Å². The standard InChI is InChI=1S/C14H20BrNO3/c1-3-14(18)16-8-10(9-17)6-11-7-12(15)4-5-13(11)19-2/h4-5,7,10,17H,3,6,8-9H2,1-2H3,(H,16,18). The van der Waals surface area contributed by atoms with Crippen molar-refractivity contribution in [3.63, 3.8) is 0 Å². The molecule has 5 heteroatoms. The average Bonchev–Trinajstić information content (AvgIpc) is 2.43. The molecule has 0 aromatic heterocycles. The number of methoxy groups -OCH3 is 1. The maximum Gasteiger partial charge on any atom is 0.219 e. The topological polar surface area (TPSA) is 58.6 Å². The number of aliphatic hydroxyl groups is 1. The smallest absolute Gasteiger partial charge is 0.219 e. The fourth-order valence-corrected chi connectivity index (χ4v) is 2.21. The van der Waals surface area contributed by atoms with Crippen molar-refractivity contribution in [3.8, 4) is 5.75 Å². The molecule has 0 bridgehead atoms. The summed E-state index contributed by atoms with van der Waals surface area (Å²) >= 11 is 3.42. The summed E-state index contributed by atoms with van der Waals surface area (Å²) in [6.07, 6.45) is 1.11. The minimum absolute atomic E-state index is 0.000317. The van der Waals surface area contributed by atoms with Crippen LogP contribution in [0.25, 0.3) is 0 Å². The molecule has 0 radical (unpaired) electrons. The molecule has 1 unspecified atom stereocenters. The molecule has 0 saturated carbocycles. The van der Waals surface area contributed by atoms with E-state index in [9.17, 15) is 9.90 Å². The van der Waals surface area contributed by atoms with E-state index in [-0.39, 0.29) is 18.4 Å². The molecule has 1 rings (SSSR count). The van der Waals surface area contributed by atoms with Gasteiger partial charge in [0.25, 0.3) is 0 Å². The van der Waals surface area contributed by atoms with Crippen LogP contribution in [-0.4, -0.2) is 31.3 Å². The van der Waals surface area contributed by atoms with Crippen LogP contribution in [0.4, 0.5) is 0 Å². The van der Waals surface area contributed by atoms with Crippen LogP contribution in [-0.2, 0) is 11.2 Å². The number of ether oxygens (including phenoxy) is 1. The monoisotopic (exact) mass is 329 g/mol. The van der Waals surface area contributed by atoms with Crippen LogP contribution in [0.2, 0.25) is 0 Å². The van der Waals surface area contributed by atoms with Crippen LogP contribution in [0, 0.1) is 5.92 Å². The van der Waals surface area contributed by atoms with Gasteiger partial charge in [-0.05, 0) is 30.2 Å². The Morgan fingerprint density at radius 2 is 2.26 bits per heavy atom. The molecule has 0 aliphatic heterocycles. The maximum absolute atomic E-state index is 11.2. The first kappa shape index (κ1) is 16.0. The van der Waals surface area contributed by atoms with E-state index >= 15 is 0 Å². The molecule has 1 atom stereocenters. The molecule has 0 aliphatic carbocycles. The first-order valence-electron chi connectivity index (χ1n) is 6.30. The lowest BCUT2D eigenvalue weighted by Crippen LogP contribution is -2.31. The molecule has 0 fully saturated rings. The Morgan fingerprint density at radius 3 is 2.84 bits per heavy atom. The first-order valence-corrected chi connectivity index (χ1v) is 7.10. The van der Waals surface area contributed by atoms with E-state index in [0.717, 1.165) is 15.8 Å². The van der Waals surface area contributed by atoms with Crippen LogP contribution in [0.5, 0.6) is 5.75 Å². The van der Waals surface area contributed by atoms with Gasteiger partial charge in [0.1, 0.15) is 5.75 Å². The molecule has 1 amide bonds. The lowest BCUT2D eigenvalue weighted by Gasteiger charge is -2.17. The van der Waals surface area contributed by atoms with Gasteiger partial charge in [-0.2, -0.15) is 0 Å². The van der Waals surface area contributed by atoms with Crippen molar-refractivity contribution in [2.45, 2.75) is 19.8 Å². The Bertz CT molecular complexity index is 423. The zero-order chi connectivity index (χ0) is 14.3. The number of carbonyl (C=O) groups is 1. The quantitative estimate of drug-likeness (QED) is 0.805. The molecule has 106 valence electrons. The zero-order valence-electron chi connectivity index (χ0n) is 11.3. The van der Waals surface area contributed by atoms with Crippen molar-refractivity contribution in [2.24, 2.45) is 5.92 Å². The summed E-state index contributed by atoms with van der Waals surface area (Å²) in [5.41, 5.74) is 1.02. The van der Waals surface area contributed by atoms with Crippen molar-refractivity contribution in [1.29, 1.82) is 0 Å². The zero-order valence-corrected chi connectivity index (χ0v) is 12.9. The highest BCUT2D eigenvalue weighted by atomic mass is 79.9. The van der Waals surface area contributed by atoms with Gasteiger partial charge in [-0.15, -0.1) is 0 Å². The van der Waals surface area contributed by atoms with E-state index in [0.29, 0.717) is 19.4 Å². The van der Waals surface area contributed by atoms with E-state index in [2.05, 4.69) is 21.2 Å². The highest BCUT2D eigenvalue weighted by Crippen LogP contribution is 2.25. The molecule has 4 nitrogen and oxygen atoms in total. The number of halogens is 1. The van der Waals surface area contributed by atoms with E-state index in [1.807, 2.05) is 18.2 Å². The molecule has 0 spiro atoms. The van der Waals surface area contributed by atoms with Crippen molar-refractivity contribution in [3.05, 3.63) is 28.2 Å². The third-order valence-corrected chi connectivity index (χ3v) is 3.41. The summed E-state index contributed by atoms with van der Waals surface area (Å²) < 4.78 is 6.27. The maximum atomic E-state index is 11.2. The number of carbonyl (C=O) groups excluding carboxylic acids is 1. The number of nitrogens with one attached hydrogen (secondary N) is 1. The molecule has 0 aliphatic rings. The van der Waals surface area contributed by atoms with E-state index in [4.69, 9.17) is 4.74 Å². The third kappa shape index (κ3) is 5.20. The van der Waals surface area contributed by atoms with Gasteiger partial charge in [0.05, 0.1) is 7.11 Å². The Kier molecular flexibility index (Phi) is 6.87. The van der Waals surface area contributed by atoms with E-state index in [1.54, 1.807) is 14.0 Å². The summed E-state index contributed by atoms with van der Waals surface area (Å²) in [6.45, 7) is 2.30. The molecule has 2 N–H and O–H groups in total. The van der Waals surface area contributed by atoms with Gasteiger partial charge in [0.15, 0.2) is 0 Å². The summed E-state index contributed by atoms with van der Waals surface area (Å²) in [5, 5.41) is 12.2. The predicted molar refractivity (Wildman–Crippen MR) is 78.3 cm³/mol. The van der Waals surface area contributed by atoms with Gasteiger partial charge in [-0.25, -0.2) is 0 Å². The Hall–Kier alpha value is -1.07. The van der Waals surface area contributed by atoms with Crippen LogP contribution >= 0.6 is 15.9 Å².